The zero-order valence-electron chi connectivity index (χ0n) is 17.0. The Kier molecular flexibility index (Phi) is 6.00. The van der Waals surface area contributed by atoms with Gasteiger partial charge in [0.25, 0.3) is 0 Å². The maximum Gasteiger partial charge on any atom is 0.244 e. The number of halogens is 1. The van der Waals surface area contributed by atoms with Gasteiger partial charge in [0.15, 0.2) is 5.78 Å². The van der Waals surface area contributed by atoms with Crippen LogP contribution in [-0.4, -0.2) is 28.4 Å². The number of fused-ring (bicyclic) bond motifs is 1. The summed E-state index contributed by atoms with van der Waals surface area (Å²) in [5.41, 5.74) is 0.813. The third-order valence-corrected chi connectivity index (χ3v) is 5.16. The summed E-state index contributed by atoms with van der Waals surface area (Å²) in [4.78, 5) is 42.8. The molecule has 0 saturated carbocycles. The van der Waals surface area contributed by atoms with E-state index in [2.05, 4.69) is 10.3 Å². The Balaban J connectivity index is 1.76. The Morgan fingerprint density at radius 1 is 1.09 bits per heavy atom. The van der Waals surface area contributed by atoms with Crippen molar-refractivity contribution in [2.75, 3.05) is 12.4 Å². The SMILES string of the molecule is COc1ccccc1NC(=O)Cn1cc(C(=O)c2ccncc2)c(=O)c2cc(Cl)ccc21. The molecule has 4 rings (SSSR count). The molecule has 0 aliphatic rings. The van der Waals surface area contributed by atoms with Crippen LogP contribution >= 0.6 is 11.6 Å². The Morgan fingerprint density at radius 3 is 2.59 bits per heavy atom. The monoisotopic (exact) mass is 447 g/mol. The van der Waals surface area contributed by atoms with Crippen LogP contribution < -0.4 is 15.5 Å². The Hall–Kier alpha value is -3.97. The van der Waals surface area contributed by atoms with E-state index in [9.17, 15) is 14.4 Å². The predicted octanol–water partition coefficient (Wildman–Crippen LogP) is 3.93. The number of pyridine rings is 2. The maximum atomic E-state index is 13.1. The highest BCUT2D eigenvalue weighted by atomic mass is 35.5. The van der Waals surface area contributed by atoms with E-state index in [4.69, 9.17) is 16.3 Å². The highest BCUT2D eigenvalue weighted by Gasteiger charge is 2.19. The van der Waals surface area contributed by atoms with Crippen molar-refractivity contribution in [3.63, 3.8) is 0 Å². The predicted molar refractivity (Wildman–Crippen MR) is 123 cm³/mol. The van der Waals surface area contributed by atoms with E-state index in [1.807, 2.05) is 0 Å². The fraction of sp³-hybridized carbons (Fsp3) is 0.0833. The van der Waals surface area contributed by atoms with Crippen molar-refractivity contribution in [3.05, 3.63) is 99.6 Å². The Bertz CT molecular complexity index is 1380. The number of aromatic nitrogens is 2. The highest BCUT2D eigenvalue weighted by molar-refractivity contribution is 6.31. The summed E-state index contributed by atoms with van der Waals surface area (Å²) in [6.07, 6.45) is 4.36. The number of benzene rings is 2. The number of methoxy groups -OCH3 is 1. The lowest BCUT2D eigenvalue weighted by Crippen LogP contribution is -2.24. The molecule has 2 heterocycles. The molecule has 0 unspecified atom stereocenters. The number of nitrogens with zero attached hydrogens (tertiary/aromatic N) is 2. The van der Waals surface area contributed by atoms with E-state index in [-0.39, 0.29) is 23.4 Å². The van der Waals surface area contributed by atoms with Gasteiger partial charge in [-0.25, -0.2) is 0 Å². The molecule has 2 aromatic carbocycles. The Labute approximate surface area is 188 Å². The van der Waals surface area contributed by atoms with Crippen LogP contribution in [0.5, 0.6) is 5.75 Å². The van der Waals surface area contributed by atoms with Crippen molar-refractivity contribution in [3.8, 4) is 5.75 Å². The van der Waals surface area contributed by atoms with Gasteiger partial charge in [0.05, 0.1) is 23.9 Å². The summed E-state index contributed by atoms with van der Waals surface area (Å²) in [5.74, 6) is -0.291. The standard InChI is InChI=1S/C24H18ClN3O4/c1-32-21-5-3-2-4-19(21)27-22(29)14-28-13-18(23(30)15-8-10-26-11-9-15)24(31)17-12-16(25)6-7-20(17)28/h2-13H,14H2,1H3,(H,27,29). The fourth-order valence-electron chi connectivity index (χ4n) is 3.41. The van der Waals surface area contributed by atoms with E-state index in [1.165, 1.54) is 43.9 Å². The number of amides is 1. The van der Waals surface area contributed by atoms with Gasteiger partial charge in [-0.3, -0.25) is 19.4 Å². The molecule has 0 radical (unpaired) electrons. The smallest absolute Gasteiger partial charge is 0.244 e. The number of rotatable bonds is 6. The van der Waals surface area contributed by atoms with Crippen LogP contribution in [0.1, 0.15) is 15.9 Å². The van der Waals surface area contributed by atoms with Gasteiger partial charge in [0, 0.05) is 34.6 Å². The van der Waals surface area contributed by atoms with E-state index in [0.717, 1.165) is 0 Å². The molecule has 0 saturated heterocycles. The first-order chi connectivity index (χ1) is 15.5. The quantitative estimate of drug-likeness (QED) is 0.452. The number of ketones is 1. The lowest BCUT2D eigenvalue weighted by atomic mass is 10.0. The molecule has 32 heavy (non-hydrogen) atoms. The second-order valence-corrected chi connectivity index (χ2v) is 7.41. The number of hydrogen-bond donors (Lipinski definition) is 1. The number of para-hydroxylation sites is 2. The molecule has 4 aromatic rings. The van der Waals surface area contributed by atoms with Crippen molar-refractivity contribution in [1.29, 1.82) is 0 Å². The summed E-state index contributed by atoms with van der Waals surface area (Å²) in [6, 6.07) is 14.9. The van der Waals surface area contributed by atoms with Crippen molar-refractivity contribution >= 4 is 39.9 Å². The molecule has 1 amide bonds. The number of carbonyl (C=O) groups is 2. The lowest BCUT2D eigenvalue weighted by molar-refractivity contribution is -0.116. The molecule has 160 valence electrons. The van der Waals surface area contributed by atoms with Crippen LogP contribution in [0.2, 0.25) is 5.02 Å². The molecule has 0 spiro atoms. The number of carbonyl (C=O) groups excluding carboxylic acids is 2. The van der Waals surface area contributed by atoms with Crippen LogP contribution in [0.15, 0.2) is 78.0 Å². The van der Waals surface area contributed by atoms with Gasteiger partial charge >= 0.3 is 0 Å². The van der Waals surface area contributed by atoms with Crippen molar-refractivity contribution in [1.82, 2.24) is 9.55 Å². The summed E-state index contributed by atoms with van der Waals surface area (Å²) in [5, 5.41) is 3.41. The first-order valence-electron chi connectivity index (χ1n) is 9.68. The summed E-state index contributed by atoms with van der Waals surface area (Å²) in [6.45, 7) is -0.132. The van der Waals surface area contributed by atoms with Crippen LogP contribution in [0.25, 0.3) is 10.9 Å². The molecular formula is C24H18ClN3O4. The summed E-state index contributed by atoms with van der Waals surface area (Å²) >= 11 is 6.10. The van der Waals surface area contributed by atoms with Gasteiger partial charge in [0.2, 0.25) is 11.3 Å². The van der Waals surface area contributed by atoms with E-state index in [0.29, 0.717) is 27.5 Å². The minimum atomic E-state index is -0.460. The normalized spacial score (nSPS) is 10.7. The maximum absolute atomic E-state index is 13.1. The topological polar surface area (TPSA) is 90.3 Å². The minimum Gasteiger partial charge on any atom is -0.495 e. The molecular weight excluding hydrogens is 430 g/mol. The van der Waals surface area contributed by atoms with Crippen molar-refractivity contribution < 1.29 is 14.3 Å². The number of nitrogens with one attached hydrogen (secondary N) is 1. The van der Waals surface area contributed by atoms with Crippen molar-refractivity contribution in [2.45, 2.75) is 6.54 Å². The average molecular weight is 448 g/mol. The van der Waals surface area contributed by atoms with Gasteiger partial charge in [0.1, 0.15) is 12.3 Å². The average Bonchev–Trinajstić information content (AvgIpc) is 2.81. The van der Waals surface area contributed by atoms with Gasteiger partial charge in [-0.05, 0) is 42.5 Å². The summed E-state index contributed by atoms with van der Waals surface area (Å²) in [7, 11) is 1.51. The molecule has 0 atom stereocenters. The van der Waals surface area contributed by atoms with Gasteiger partial charge in [-0.1, -0.05) is 23.7 Å². The van der Waals surface area contributed by atoms with Crippen LogP contribution in [0.3, 0.4) is 0 Å². The van der Waals surface area contributed by atoms with E-state index < -0.39 is 11.2 Å². The highest BCUT2D eigenvalue weighted by Crippen LogP contribution is 2.23. The largest absolute Gasteiger partial charge is 0.495 e. The zero-order chi connectivity index (χ0) is 22.7. The van der Waals surface area contributed by atoms with E-state index >= 15 is 0 Å². The van der Waals surface area contributed by atoms with Gasteiger partial charge in [-0.15, -0.1) is 0 Å². The molecule has 0 aliphatic heterocycles. The van der Waals surface area contributed by atoms with Gasteiger partial charge < -0.3 is 14.6 Å². The summed E-state index contributed by atoms with van der Waals surface area (Å²) < 4.78 is 6.83. The number of ether oxygens (including phenoxy) is 1. The molecule has 0 bridgehead atoms. The number of hydrogen-bond acceptors (Lipinski definition) is 5. The van der Waals surface area contributed by atoms with Crippen LogP contribution in [0, 0.1) is 0 Å². The fourth-order valence-corrected chi connectivity index (χ4v) is 3.59. The molecule has 0 aliphatic carbocycles. The number of anilines is 1. The minimum absolute atomic E-state index is 0.0592. The molecule has 8 heteroatoms. The van der Waals surface area contributed by atoms with Crippen LogP contribution in [0.4, 0.5) is 5.69 Å². The molecule has 1 N–H and O–H groups in total. The molecule has 7 nitrogen and oxygen atoms in total. The first-order valence-corrected chi connectivity index (χ1v) is 10.1. The first kappa shape index (κ1) is 21.3. The van der Waals surface area contributed by atoms with Crippen LogP contribution in [-0.2, 0) is 11.3 Å². The van der Waals surface area contributed by atoms with Crippen molar-refractivity contribution in [2.24, 2.45) is 0 Å². The second-order valence-electron chi connectivity index (χ2n) is 6.97. The third kappa shape index (κ3) is 4.24. The Morgan fingerprint density at radius 2 is 1.84 bits per heavy atom. The molecule has 2 aromatic heterocycles. The lowest BCUT2D eigenvalue weighted by Gasteiger charge is -2.15. The second kappa shape index (κ2) is 9.03. The zero-order valence-corrected chi connectivity index (χ0v) is 17.8. The van der Waals surface area contributed by atoms with Gasteiger partial charge in [-0.2, -0.15) is 0 Å². The third-order valence-electron chi connectivity index (χ3n) is 4.92. The molecule has 0 fully saturated rings. The van der Waals surface area contributed by atoms with E-state index in [1.54, 1.807) is 41.0 Å².